The van der Waals surface area contributed by atoms with Crippen LogP contribution in [0, 0.1) is 17.6 Å². The Morgan fingerprint density at radius 2 is 1.81 bits per heavy atom. The summed E-state index contributed by atoms with van der Waals surface area (Å²) in [6, 6.07) is 11.5. The van der Waals surface area contributed by atoms with Crippen LogP contribution in [0.25, 0.3) is 11.3 Å². The third-order valence-corrected chi connectivity index (χ3v) is 9.45. The van der Waals surface area contributed by atoms with Crippen molar-refractivity contribution in [1.82, 2.24) is 14.8 Å². The van der Waals surface area contributed by atoms with Gasteiger partial charge in [0.25, 0.3) is 0 Å². The van der Waals surface area contributed by atoms with Gasteiger partial charge in [-0.15, -0.1) is 11.8 Å². The number of para-hydroxylation sites is 1. The van der Waals surface area contributed by atoms with E-state index in [1.165, 1.54) is 30.3 Å². The van der Waals surface area contributed by atoms with E-state index >= 15 is 8.78 Å². The van der Waals surface area contributed by atoms with Gasteiger partial charge in [-0.1, -0.05) is 52.5 Å². The fraction of sp³-hybridized carbons (Fsp3) is 0.405. The van der Waals surface area contributed by atoms with Gasteiger partial charge in [0.15, 0.2) is 5.82 Å². The van der Waals surface area contributed by atoms with Crippen molar-refractivity contribution in [2.45, 2.75) is 57.9 Å². The van der Waals surface area contributed by atoms with Crippen molar-refractivity contribution >= 4 is 41.0 Å². The number of anilines is 2. The van der Waals surface area contributed by atoms with E-state index in [1.54, 1.807) is 30.5 Å². The molecule has 2 aromatic carbocycles. The Balaban J connectivity index is 1.76. The number of aliphatic imine (C=N–C) groups is 1. The minimum Gasteiger partial charge on any atom is -0.425 e. The number of halogens is 2. The number of fused-ring (bicyclic) bond motifs is 1. The third-order valence-electron chi connectivity index (χ3n) is 8.68. The number of amides is 1. The van der Waals surface area contributed by atoms with Crippen LogP contribution in [0.4, 0.5) is 20.3 Å². The molecule has 0 bridgehead atoms. The van der Waals surface area contributed by atoms with Crippen molar-refractivity contribution in [3.8, 4) is 17.0 Å². The molecule has 254 valence electrons. The second-order valence-corrected chi connectivity index (χ2v) is 13.5. The number of pyridine rings is 1. The SMILES string of the molecule is C=CC(=O)N1CCN(/C2=N/CCCN(c3c(SC)cccc3C(C)C)c3nc(-c4c(F)cccc4OC(=O)C(C)C)c(F)cc32)C(C)C1. The lowest BCUT2D eigenvalue weighted by Crippen LogP contribution is -2.55. The van der Waals surface area contributed by atoms with Gasteiger partial charge < -0.3 is 19.4 Å². The number of aromatic nitrogens is 1. The molecule has 0 radical (unpaired) electrons. The number of hydrogen-bond acceptors (Lipinski definition) is 8. The number of piperazine rings is 1. The summed E-state index contributed by atoms with van der Waals surface area (Å²) >= 11 is 1.61. The Kier molecular flexibility index (Phi) is 10.9. The Labute approximate surface area is 285 Å². The number of benzene rings is 2. The zero-order valence-corrected chi connectivity index (χ0v) is 29.2. The van der Waals surface area contributed by atoms with Gasteiger partial charge >= 0.3 is 5.97 Å². The molecule has 0 aliphatic carbocycles. The predicted molar refractivity (Wildman–Crippen MR) is 188 cm³/mol. The standard InChI is InChI=1S/C37H43F2N5O3S/c1-8-31(45)42-18-19-43(24(6)21-42)35-26-20-28(39)33(32-27(38)13-10-14-29(32)47-37(46)23(4)5)41-36(26)44(17-11-16-40-35)34-25(22(2)3)12-9-15-30(34)48-7/h8-10,12-15,20,22-24H,1,11,16-19,21H2,2-7H3/b40-35+. The Bertz CT molecular complexity index is 1740. The first kappa shape index (κ1) is 35.1. The lowest BCUT2D eigenvalue weighted by molar-refractivity contribution is -0.137. The van der Waals surface area contributed by atoms with Crippen LogP contribution >= 0.6 is 11.8 Å². The molecule has 1 saturated heterocycles. The Morgan fingerprint density at radius 3 is 2.48 bits per heavy atom. The van der Waals surface area contributed by atoms with Crippen LogP contribution in [0.1, 0.15) is 58.1 Å². The van der Waals surface area contributed by atoms with Gasteiger partial charge in [-0.3, -0.25) is 14.6 Å². The molecule has 2 aliphatic heterocycles. The highest BCUT2D eigenvalue weighted by Crippen LogP contribution is 2.43. The highest BCUT2D eigenvalue weighted by Gasteiger charge is 2.34. The number of ether oxygens (including phenoxy) is 1. The van der Waals surface area contributed by atoms with Crippen LogP contribution in [0.2, 0.25) is 0 Å². The first-order chi connectivity index (χ1) is 23.0. The van der Waals surface area contributed by atoms with Crippen molar-refractivity contribution < 1.29 is 23.1 Å². The summed E-state index contributed by atoms with van der Waals surface area (Å²) in [5.41, 5.74) is 2.04. The number of amidine groups is 1. The van der Waals surface area contributed by atoms with Gasteiger partial charge in [0, 0.05) is 43.7 Å². The molecule has 3 heterocycles. The van der Waals surface area contributed by atoms with E-state index in [9.17, 15) is 9.59 Å². The molecule has 1 aromatic heterocycles. The van der Waals surface area contributed by atoms with E-state index in [2.05, 4.69) is 42.4 Å². The molecule has 1 fully saturated rings. The van der Waals surface area contributed by atoms with Crippen molar-refractivity contribution in [1.29, 1.82) is 0 Å². The molecule has 1 unspecified atom stereocenters. The number of esters is 1. The zero-order valence-electron chi connectivity index (χ0n) is 28.4. The van der Waals surface area contributed by atoms with Gasteiger partial charge in [0.2, 0.25) is 5.91 Å². The van der Waals surface area contributed by atoms with Crippen molar-refractivity contribution in [2.24, 2.45) is 10.9 Å². The van der Waals surface area contributed by atoms with E-state index < -0.39 is 23.5 Å². The predicted octanol–water partition coefficient (Wildman–Crippen LogP) is 7.44. The number of thioether (sulfide) groups is 1. The third kappa shape index (κ3) is 6.97. The summed E-state index contributed by atoms with van der Waals surface area (Å²) in [5.74, 6) is -1.66. The average molecular weight is 676 g/mol. The van der Waals surface area contributed by atoms with E-state index in [0.717, 1.165) is 16.1 Å². The number of rotatable bonds is 7. The minimum atomic E-state index is -0.774. The van der Waals surface area contributed by atoms with Crippen LogP contribution in [0.3, 0.4) is 0 Å². The van der Waals surface area contributed by atoms with Gasteiger partial charge in [0.05, 0.1) is 22.7 Å². The molecule has 0 saturated carbocycles. The lowest BCUT2D eigenvalue weighted by Gasteiger charge is -2.42. The second kappa shape index (κ2) is 14.9. The molecule has 11 heteroatoms. The van der Waals surface area contributed by atoms with Crippen LogP contribution in [-0.2, 0) is 9.59 Å². The van der Waals surface area contributed by atoms with Gasteiger partial charge in [0.1, 0.15) is 28.9 Å². The Morgan fingerprint density at radius 1 is 1.06 bits per heavy atom. The summed E-state index contributed by atoms with van der Waals surface area (Å²) in [6.45, 7) is 15.6. The largest absolute Gasteiger partial charge is 0.425 e. The van der Waals surface area contributed by atoms with Gasteiger partial charge in [-0.2, -0.15) is 0 Å². The first-order valence-corrected chi connectivity index (χ1v) is 17.6. The molecule has 3 aromatic rings. The maximum Gasteiger partial charge on any atom is 0.313 e. The van der Waals surface area contributed by atoms with Crippen LogP contribution < -0.4 is 9.64 Å². The van der Waals surface area contributed by atoms with E-state index in [1.807, 2.05) is 19.2 Å². The van der Waals surface area contributed by atoms with E-state index in [-0.39, 0.29) is 34.9 Å². The number of carbonyl (C=O) groups excluding carboxylic acids is 2. The van der Waals surface area contributed by atoms with Crippen molar-refractivity contribution in [3.63, 3.8) is 0 Å². The maximum absolute atomic E-state index is 16.6. The van der Waals surface area contributed by atoms with Crippen LogP contribution in [-0.4, -0.2) is 77.5 Å². The molecule has 1 amide bonds. The highest BCUT2D eigenvalue weighted by molar-refractivity contribution is 7.98. The molecular weight excluding hydrogens is 633 g/mol. The van der Waals surface area contributed by atoms with Crippen molar-refractivity contribution in [3.05, 3.63) is 77.9 Å². The molecule has 8 nitrogen and oxygen atoms in total. The van der Waals surface area contributed by atoms with Gasteiger partial charge in [-0.05, 0) is 61.4 Å². The van der Waals surface area contributed by atoms with Crippen molar-refractivity contribution in [2.75, 3.05) is 43.9 Å². The number of carbonyl (C=O) groups is 2. The summed E-state index contributed by atoms with van der Waals surface area (Å²) in [6.07, 6.45) is 4.01. The number of nitrogens with zero attached hydrogens (tertiary/aromatic N) is 5. The molecule has 5 rings (SSSR count). The van der Waals surface area contributed by atoms with Gasteiger partial charge in [-0.25, -0.2) is 13.8 Å². The summed E-state index contributed by atoms with van der Waals surface area (Å²) in [7, 11) is 0. The quantitative estimate of drug-likeness (QED) is 0.112. The molecular formula is C37H43F2N5O3S. The zero-order chi connectivity index (χ0) is 34.7. The minimum absolute atomic E-state index is 0.102. The first-order valence-electron chi connectivity index (χ1n) is 16.3. The van der Waals surface area contributed by atoms with Crippen LogP contribution in [0.15, 0.2) is 65.0 Å². The van der Waals surface area contributed by atoms with Crippen LogP contribution in [0.5, 0.6) is 5.75 Å². The average Bonchev–Trinajstić information content (AvgIpc) is 3.05. The highest BCUT2D eigenvalue weighted by atomic mass is 32.2. The Hall–Kier alpha value is -4.25. The monoisotopic (exact) mass is 675 g/mol. The smallest absolute Gasteiger partial charge is 0.313 e. The summed E-state index contributed by atoms with van der Waals surface area (Å²) in [4.78, 5) is 42.0. The van der Waals surface area contributed by atoms with E-state index in [0.29, 0.717) is 56.4 Å². The maximum atomic E-state index is 16.6. The fourth-order valence-electron chi connectivity index (χ4n) is 6.20. The fourth-order valence-corrected chi connectivity index (χ4v) is 6.83. The molecule has 2 aliphatic rings. The second-order valence-electron chi connectivity index (χ2n) is 12.7. The lowest BCUT2D eigenvalue weighted by atomic mass is 9.99. The summed E-state index contributed by atoms with van der Waals surface area (Å²) in [5, 5.41) is 0. The molecule has 48 heavy (non-hydrogen) atoms. The topological polar surface area (TPSA) is 78.3 Å². The van der Waals surface area contributed by atoms with E-state index in [4.69, 9.17) is 14.7 Å². The number of hydrogen-bond donors (Lipinski definition) is 0. The summed E-state index contributed by atoms with van der Waals surface area (Å²) < 4.78 is 37.9. The molecule has 0 spiro atoms. The molecule has 1 atom stereocenters. The molecule has 0 N–H and O–H groups in total. The normalized spacial score (nSPS) is 17.8.